The third-order valence-electron chi connectivity index (χ3n) is 5.93. The van der Waals surface area contributed by atoms with Crippen LogP contribution in [0.1, 0.15) is 33.5 Å². The molecule has 0 saturated carbocycles. The lowest BCUT2D eigenvalue weighted by Gasteiger charge is -2.46. The van der Waals surface area contributed by atoms with Crippen LogP contribution in [0.2, 0.25) is 0 Å². The van der Waals surface area contributed by atoms with E-state index in [0.29, 0.717) is 25.3 Å². The maximum absolute atomic E-state index is 14.1. The van der Waals surface area contributed by atoms with Gasteiger partial charge in [-0.05, 0) is 31.5 Å². The summed E-state index contributed by atoms with van der Waals surface area (Å²) in [5.41, 5.74) is 3.79. The average Bonchev–Trinajstić information content (AvgIpc) is 2.94. The summed E-state index contributed by atoms with van der Waals surface area (Å²) < 4.78 is 34.1. The lowest BCUT2D eigenvalue weighted by Crippen LogP contribution is -2.62. The maximum Gasteiger partial charge on any atom is 0.262 e. The van der Waals surface area contributed by atoms with Gasteiger partial charge in [-0.25, -0.2) is 8.78 Å². The number of likely N-dealkylation sites (tertiary alicyclic amines) is 2. The second-order valence-electron chi connectivity index (χ2n) is 8.63. The minimum absolute atomic E-state index is 0.0270. The molecule has 0 bridgehead atoms. The van der Waals surface area contributed by atoms with Crippen LogP contribution in [0, 0.1) is 13.8 Å². The van der Waals surface area contributed by atoms with Gasteiger partial charge in [-0.2, -0.15) is 0 Å². The molecule has 2 aliphatic heterocycles. The first-order valence-corrected chi connectivity index (χ1v) is 10.4. The highest BCUT2D eigenvalue weighted by atomic mass is 19.3. The molecule has 4 rings (SSSR count). The fraction of sp³-hybridized carbons (Fsp3) is 0.458. The first-order valence-electron chi connectivity index (χ1n) is 10.4. The summed E-state index contributed by atoms with van der Waals surface area (Å²) >= 11 is 0. The number of hydrogen-bond acceptors (Lipinski definition) is 3. The molecule has 6 heteroatoms. The molecule has 2 aromatic carbocycles. The van der Waals surface area contributed by atoms with Gasteiger partial charge in [0.25, 0.3) is 11.8 Å². The predicted molar refractivity (Wildman–Crippen MR) is 112 cm³/mol. The summed E-state index contributed by atoms with van der Waals surface area (Å²) in [5.74, 6) is -2.74. The van der Waals surface area contributed by atoms with E-state index in [0.717, 1.165) is 16.7 Å². The first kappa shape index (κ1) is 20.9. The number of ether oxygens (including phenoxy) is 1. The van der Waals surface area contributed by atoms with Crippen molar-refractivity contribution in [1.82, 2.24) is 9.80 Å². The van der Waals surface area contributed by atoms with Crippen LogP contribution < -0.4 is 0 Å². The van der Waals surface area contributed by atoms with Gasteiger partial charge in [0.05, 0.1) is 19.8 Å². The van der Waals surface area contributed by atoms with E-state index in [2.05, 4.69) is 0 Å². The fourth-order valence-electron chi connectivity index (χ4n) is 4.50. The van der Waals surface area contributed by atoms with E-state index >= 15 is 0 Å². The van der Waals surface area contributed by atoms with Crippen molar-refractivity contribution in [2.24, 2.45) is 0 Å². The molecule has 1 amide bonds. The van der Waals surface area contributed by atoms with Crippen LogP contribution in [-0.2, 0) is 11.3 Å². The number of carbonyl (C=O) groups is 1. The molecule has 0 N–H and O–H groups in total. The molecule has 2 saturated heterocycles. The van der Waals surface area contributed by atoms with Gasteiger partial charge < -0.3 is 9.64 Å². The smallest absolute Gasteiger partial charge is 0.262 e. The molecule has 2 aromatic rings. The summed E-state index contributed by atoms with van der Waals surface area (Å²) in [6, 6.07) is 15.2. The number of nitrogens with zero attached hydrogens (tertiary/aromatic N) is 2. The maximum atomic E-state index is 14.1. The highest BCUT2D eigenvalue weighted by Crippen LogP contribution is 2.36. The second-order valence-corrected chi connectivity index (χ2v) is 8.63. The molecule has 30 heavy (non-hydrogen) atoms. The Kier molecular flexibility index (Phi) is 5.89. The van der Waals surface area contributed by atoms with Crippen LogP contribution in [0.3, 0.4) is 0 Å². The summed E-state index contributed by atoms with van der Waals surface area (Å²) in [5, 5.41) is 0. The number of benzene rings is 2. The van der Waals surface area contributed by atoms with Crippen molar-refractivity contribution >= 4 is 5.91 Å². The van der Waals surface area contributed by atoms with E-state index in [9.17, 15) is 13.6 Å². The number of halogens is 2. The van der Waals surface area contributed by atoms with Crippen LogP contribution in [0.4, 0.5) is 8.78 Å². The van der Waals surface area contributed by atoms with E-state index in [4.69, 9.17) is 4.74 Å². The molecule has 0 unspecified atom stereocenters. The van der Waals surface area contributed by atoms with E-state index < -0.39 is 5.92 Å². The third-order valence-corrected chi connectivity index (χ3v) is 5.93. The van der Waals surface area contributed by atoms with E-state index in [1.54, 1.807) is 4.90 Å². The molecule has 0 aromatic heterocycles. The van der Waals surface area contributed by atoms with Gasteiger partial charge >= 0.3 is 0 Å². The van der Waals surface area contributed by atoms with Gasteiger partial charge in [-0.1, -0.05) is 47.5 Å². The van der Waals surface area contributed by atoms with Crippen molar-refractivity contribution in [2.45, 2.75) is 44.9 Å². The van der Waals surface area contributed by atoms with E-state index in [1.807, 2.05) is 67.3 Å². The zero-order valence-electron chi connectivity index (χ0n) is 17.5. The Hall–Kier alpha value is -2.31. The van der Waals surface area contributed by atoms with Crippen LogP contribution in [0.15, 0.2) is 48.5 Å². The van der Waals surface area contributed by atoms with Gasteiger partial charge in [0.15, 0.2) is 0 Å². The number of carbonyl (C=O) groups excluding carboxylic acids is 1. The summed E-state index contributed by atoms with van der Waals surface area (Å²) in [7, 11) is 0. The zero-order chi connectivity index (χ0) is 21.3. The minimum atomic E-state index is -2.71. The van der Waals surface area contributed by atoms with Crippen molar-refractivity contribution in [3.05, 3.63) is 70.8 Å². The summed E-state index contributed by atoms with van der Waals surface area (Å²) in [6.45, 7) is 5.33. The molecule has 0 aliphatic carbocycles. The lowest BCUT2D eigenvalue weighted by atomic mass is 10.0. The van der Waals surface area contributed by atoms with Crippen molar-refractivity contribution < 1.29 is 18.3 Å². The molecule has 2 aliphatic rings. The van der Waals surface area contributed by atoms with Crippen molar-refractivity contribution in [2.75, 3.05) is 26.2 Å². The van der Waals surface area contributed by atoms with Gasteiger partial charge in [0, 0.05) is 37.2 Å². The molecular weight excluding hydrogens is 386 g/mol. The third kappa shape index (κ3) is 4.71. The van der Waals surface area contributed by atoms with Crippen molar-refractivity contribution in [3.63, 3.8) is 0 Å². The highest BCUT2D eigenvalue weighted by Gasteiger charge is 2.50. The Morgan fingerprint density at radius 3 is 2.43 bits per heavy atom. The number of aryl methyl sites for hydroxylation is 2. The lowest BCUT2D eigenvalue weighted by molar-refractivity contribution is -0.0161. The SMILES string of the molecule is Cc1cc(C)cc(C(=O)N2CC(N3CC(F)(F)C[C@H]3COCc3ccccc3)C2)c1. The molecule has 1 atom stereocenters. The summed E-state index contributed by atoms with van der Waals surface area (Å²) in [4.78, 5) is 16.4. The molecular formula is C24H28F2N2O2. The zero-order valence-corrected chi connectivity index (χ0v) is 17.5. The average molecular weight is 414 g/mol. The van der Waals surface area contributed by atoms with Crippen molar-refractivity contribution in [3.8, 4) is 0 Å². The topological polar surface area (TPSA) is 32.8 Å². The molecule has 2 fully saturated rings. The van der Waals surface area contributed by atoms with E-state index in [1.165, 1.54) is 0 Å². The van der Waals surface area contributed by atoms with Crippen LogP contribution in [0.25, 0.3) is 0 Å². The number of rotatable bonds is 6. The molecule has 4 nitrogen and oxygen atoms in total. The van der Waals surface area contributed by atoms with Gasteiger partial charge in [0.2, 0.25) is 0 Å². The molecule has 0 radical (unpaired) electrons. The quantitative estimate of drug-likeness (QED) is 0.715. The molecule has 160 valence electrons. The van der Waals surface area contributed by atoms with E-state index in [-0.39, 0.29) is 37.6 Å². The molecule has 2 heterocycles. The first-order chi connectivity index (χ1) is 14.3. The predicted octanol–water partition coefficient (Wildman–Crippen LogP) is 4.05. The second kappa shape index (κ2) is 8.44. The Morgan fingerprint density at radius 1 is 1.10 bits per heavy atom. The Morgan fingerprint density at radius 2 is 1.77 bits per heavy atom. The Labute approximate surface area is 176 Å². The number of amides is 1. The van der Waals surface area contributed by atoms with Crippen LogP contribution >= 0.6 is 0 Å². The standard InChI is InChI=1S/C24H28F2N2O2/c1-17-8-18(2)10-20(9-17)23(29)27-12-22(13-27)28-16-24(25,26)11-21(28)15-30-14-19-6-4-3-5-7-19/h3-10,21-22H,11-16H2,1-2H3/t21-/m0/s1. The fourth-order valence-corrected chi connectivity index (χ4v) is 4.50. The number of hydrogen-bond donors (Lipinski definition) is 0. The monoisotopic (exact) mass is 414 g/mol. The summed E-state index contributed by atoms with van der Waals surface area (Å²) in [6.07, 6.45) is -0.191. The van der Waals surface area contributed by atoms with Gasteiger partial charge in [-0.3, -0.25) is 9.69 Å². The van der Waals surface area contributed by atoms with Crippen LogP contribution in [-0.4, -0.2) is 60.0 Å². The Bertz CT molecular complexity index is 877. The van der Waals surface area contributed by atoms with Gasteiger partial charge in [0.1, 0.15) is 0 Å². The highest BCUT2D eigenvalue weighted by molar-refractivity contribution is 5.95. The van der Waals surface area contributed by atoms with Crippen molar-refractivity contribution in [1.29, 1.82) is 0 Å². The normalized spacial score (nSPS) is 21.6. The largest absolute Gasteiger partial charge is 0.375 e. The van der Waals surface area contributed by atoms with Crippen LogP contribution in [0.5, 0.6) is 0 Å². The number of alkyl halides is 2. The molecule has 0 spiro atoms. The Balaban J connectivity index is 1.34. The van der Waals surface area contributed by atoms with Gasteiger partial charge in [-0.15, -0.1) is 0 Å². The minimum Gasteiger partial charge on any atom is -0.375 e.